The Labute approximate surface area is 176 Å². The van der Waals surface area contributed by atoms with Crippen LogP contribution in [0.25, 0.3) is 5.69 Å². The number of hydrogen-bond acceptors (Lipinski definition) is 5. The van der Waals surface area contributed by atoms with Crippen molar-refractivity contribution in [1.29, 1.82) is 0 Å². The predicted octanol–water partition coefficient (Wildman–Crippen LogP) is 3.82. The molecule has 3 rings (SSSR count). The average molecular weight is 420 g/mol. The minimum absolute atomic E-state index is 0.0139. The Morgan fingerprint density at radius 1 is 1.24 bits per heavy atom. The molecule has 0 bridgehead atoms. The van der Waals surface area contributed by atoms with E-state index in [0.29, 0.717) is 5.16 Å². The summed E-state index contributed by atoms with van der Waals surface area (Å²) in [4.78, 5) is 14.5. The highest BCUT2D eigenvalue weighted by Gasteiger charge is 2.23. The molecule has 1 aromatic heterocycles. The molecule has 0 aliphatic heterocycles. The van der Waals surface area contributed by atoms with Crippen LogP contribution in [0.15, 0.2) is 29.4 Å². The van der Waals surface area contributed by atoms with E-state index in [4.69, 9.17) is 0 Å². The number of rotatable bonds is 7. The first-order chi connectivity index (χ1) is 13.8. The number of benzene rings is 1. The summed E-state index contributed by atoms with van der Waals surface area (Å²) in [5.41, 5.74) is 0.782. The maximum atomic E-state index is 13.4. The molecule has 0 unspecified atom stereocenters. The summed E-state index contributed by atoms with van der Waals surface area (Å²) >= 11 is 1.36. The van der Waals surface area contributed by atoms with E-state index in [-0.39, 0.29) is 29.6 Å². The van der Waals surface area contributed by atoms with Gasteiger partial charge in [-0.3, -0.25) is 14.3 Å². The maximum Gasteiger partial charge on any atom is 0.230 e. The quantitative estimate of drug-likeness (QED) is 0.692. The van der Waals surface area contributed by atoms with Crippen molar-refractivity contribution in [3.8, 4) is 5.69 Å². The fourth-order valence-electron chi connectivity index (χ4n) is 3.51. The summed E-state index contributed by atoms with van der Waals surface area (Å²) in [5.74, 6) is 1.52. The van der Waals surface area contributed by atoms with Crippen molar-refractivity contribution >= 4 is 17.7 Å². The molecule has 1 heterocycles. The average Bonchev–Trinajstić information content (AvgIpc) is 3.12. The monoisotopic (exact) mass is 419 g/mol. The molecule has 0 saturated heterocycles. The zero-order valence-corrected chi connectivity index (χ0v) is 18.4. The maximum absolute atomic E-state index is 13.4. The van der Waals surface area contributed by atoms with Crippen molar-refractivity contribution in [2.75, 3.05) is 19.8 Å². The van der Waals surface area contributed by atoms with Gasteiger partial charge >= 0.3 is 0 Å². The topological polar surface area (TPSA) is 63.1 Å². The fraction of sp³-hybridized carbons (Fsp3) is 0.571. The molecular formula is C21H30FN5OS. The molecule has 0 radical (unpaired) electrons. The van der Waals surface area contributed by atoms with E-state index in [2.05, 4.69) is 22.4 Å². The zero-order valence-electron chi connectivity index (χ0n) is 17.6. The molecule has 158 valence electrons. The zero-order chi connectivity index (χ0) is 21.0. The van der Waals surface area contributed by atoms with Crippen molar-refractivity contribution < 1.29 is 9.18 Å². The standard InChI is InChI=1S/C21H30FN5OS/c1-14-5-9-17(10-6-14)23-19(28)13-29-21-25-24-20(15(2)26(3)4)27(21)18-11-7-16(22)8-12-18/h7-8,11-12,14-15,17H,5-6,9-10,13H2,1-4H3,(H,23,28)/t14?,15-,17?/m0/s1. The molecule has 29 heavy (non-hydrogen) atoms. The molecule has 1 aliphatic rings. The molecule has 2 aromatic rings. The summed E-state index contributed by atoms with van der Waals surface area (Å²) < 4.78 is 15.3. The number of nitrogens with one attached hydrogen (secondary N) is 1. The lowest BCUT2D eigenvalue weighted by Gasteiger charge is -2.26. The van der Waals surface area contributed by atoms with Gasteiger partial charge in [0.25, 0.3) is 0 Å². The van der Waals surface area contributed by atoms with Crippen LogP contribution in [0.3, 0.4) is 0 Å². The Kier molecular flexibility index (Phi) is 7.29. The van der Waals surface area contributed by atoms with Gasteiger partial charge in [-0.1, -0.05) is 18.7 Å². The summed E-state index contributed by atoms with van der Waals surface area (Å²) in [6, 6.07) is 6.55. The first-order valence-corrected chi connectivity index (χ1v) is 11.1. The lowest BCUT2D eigenvalue weighted by molar-refractivity contribution is -0.119. The molecule has 1 atom stereocenters. The Hall–Kier alpha value is -1.93. The summed E-state index contributed by atoms with van der Waals surface area (Å²) in [6.07, 6.45) is 4.44. The summed E-state index contributed by atoms with van der Waals surface area (Å²) in [6.45, 7) is 4.30. The minimum atomic E-state index is -0.292. The van der Waals surface area contributed by atoms with Crippen molar-refractivity contribution in [2.45, 2.75) is 56.8 Å². The van der Waals surface area contributed by atoms with E-state index in [0.717, 1.165) is 30.3 Å². The fourth-order valence-corrected chi connectivity index (χ4v) is 4.28. The lowest BCUT2D eigenvalue weighted by atomic mass is 9.87. The van der Waals surface area contributed by atoms with Gasteiger partial charge in [-0.25, -0.2) is 4.39 Å². The minimum Gasteiger partial charge on any atom is -0.353 e. The Balaban J connectivity index is 1.73. The highest BCUT2D eigenvalue weighted by Crippen LogP contribution is 2.27. The van der Waals surface area contributed by atoms with Gasteiger partial charge in [0.1, 0.15) is 5.82 Å². The largest absolute Gasteiger partial charge is 0.353 e. The molecule has 1 saturated carbocycles. The Bertz CT molecular complexity index is 815. The molecule has 0 spiro atoms. The molecule has 1 fully saturated rings. The van der Waals surface area contributed by atoms with Gasteiger partial charge in [-0.2, -0.15) is 0 Å². The number of nitrogens with zero attached hydrogens (tertiary/aromatic N) is 4. The van der Waals surface area contributed by atoms with Crippen molar-refractivity contribution in [3.05, 3.63) is 35.9 Å². The van der Waals surface area contributed by atoms with Crippen LogP contribution in [-0.4, -0.2) is 51.5 Å². The van der Waals surface area contributed by atoms with E-state index < -0.39 is 0 Å². The van der Waals surface area contributed by atoms with Crippen molar-refractivity contribution in [2.24, 2.45) is 5.92 Å². The van der Waals surface area contributed by atoms with E-state index in [9.17, 15) is 9.18 Å². The number of carbonyl (C=O) groups is 1. The Morgan fingerprint density at radius 3 is 2.52 bits per heavy atom. The molecule has 1 N–H and O–H groups in total. The predicted molar refractivity (Wildman–Crippen MR) is 114 cm³/mol. The smallest absolute Gasteiger partial charge is 0.230 e. The Morgan fingerprint density at radius 2 is 1.90 bits per heavy atom. The van der Waals surface area contributed by atoms with Gasteiger partial charge in [-0.05, 0) is 76.9 Å². The first kappa shape index (κ1) is 21.8. The van der Waals surface area contributed by atoms with Crippen LogP contribution in [0.1, 0.15) is 51.4 Å². The third-order valence-electron chi connectivity index (χ3n) is 5.60. The third kappa shape index (κ3) is 5.57. The molecule has 1 aromatic carbocycles. The second-order valence-electron chi connectivity index (χ2n) is 8.11. The van der Waals surface area contributed by atoms with E-state index in [1.54, 1.807) is 12.1 Å². The van der Waals surface area contributed by atoms with Gasteiger partial charge < -0.3 is 5.32 Å². The second-order valence-corrected chi connectivity index (χ2v) is 9.05. The van der Waals surface area contributed by atoms with Crippen LogP contribution in [0.5, 0.6) is 0 Å². The third-order valence-corrected chi connectivity index (χ3v) is 6.53. The van der Waals surface area contributed by atoms with Gasteiger partial charge in [-0.15, -0.1) is 10.2 Å². The van der Waals surface area contributed by atoms with Gasteiger partial charge in [0, 0.05) is 11.7 Å². The van der Waals surface area contributed by atoms with Crippen LogP contribution < -0.4 is 5.32 Å². The van der Waals surface area contributed by atoms with Crippen LogP contribution >= 0.6 is 11.8 Å². The van der Waals surface area contributed by atoms with Crippen LogP contribution in [0.2, 0.25) is 0 Å². The van der Waals surface area contributed by atoms with Gasteiger partial charge in [0.05, 0.1) is 11.8 Å². The number of hydrogen-bond donors (Lipinski definition) is 1. The van der Waals surface area contributed by atoms with Gasteiger partial charge in [0.15, 0.2) is 11.0 Å². The molecule has 1 aliphatic carbocycles. The van der Waals surface area contributed by atoms with Crippen molar-refractivity contribution in [3.63, 3.8) is 0 Å². The van der Waals surface area contributed by atoms with E-state index in [1.807, 2.05) is 30.5 Å². The first-order valence-electron chi connectivity index (χ1n) is 10.1. The number of thioether (sulfide) groups is 1. The molecule has 6 nitrogen and oxygen atoms in total. The number of aromatic nitrogens is 3. The highest BCUT2D eigenvalue weighted by atomic mass is 32.2. The number of halogens is 1. The SMILES string of the molecule is CC1CCC(NC(=O)CSc2nnc([C@H](C)N(C)C)n2-c2ccc(F)cc2)CC1. The summed E-state index contributed by atoms with van der Waals surface area (Å²) in [7, 11) is 3.94. The van der Waals surface area contributed by atoms with Crippen LogP contribution in [0, 0.1) is 11.7 Å². The number of carbonyl (C=O) groups excluding carboxylic acids is 1. The van der Waals surface area contributed by atoms with Crippen molar-refractivity contribution in [1.82, 2.24) is 25.0 Å². The molecular weight excluding hydrogens is 389 g/mol. The lowest BCUT2D eigenvalue weighted by Crippen LogP contribution is -2.38. The van der Waals surface area contributed by atoms with Crippen LogP contribution in [-0.2, 0) is 4.79 Å². The molecule has 8 heteroatoms. The summed E-state index contributed by atoms with van der Waals surface area (Å²) in [5, 5.41) is 12.5. The molecule has 1 amide bonds. The second kappa shape index (κ2) is 9.71. The van der Waals surface area contributed by atoms with Crippen LogP contribution in [0.4, 0.5) is 4.39 Å². The number of amides is 1. The van der Waals surface area contributed by atoms with E-state index >= 15 is 0 Å². The normalized spacial score (nSPS) is 20.6. The van der Waals surface area contributed by atoms with E-state index in [1.165, 1.54) is 36.7 Å². The van der Waals surface area contributed by atoms with Gasteiger partial charge in [0.2, 0.25) is 5.91 Å². The highest BCUT2D eigenvalue weighted by molar-refractivity contribution is 7.99.